The van der Waals surface area contributed by atoms with Gasteiger partial charge in [0.05, 0.1) is 28.6 Å². The molecule has 0 saturated carbocycles. The number of benzene rings is 1. The van der Waals surface area contributed by atoms with Crippen molar-refractivity contribution in [1.29, 1.82) is 0 Å². The number of anilines is 1. The summed E-state index contributed by atoms with van der Waals surface area (Å²) in [6.45, 7) is 9.68. The first-order chi connectivity index (χ1) is 9.43. The molecular formula is C15H19BrClN3. The summed E-state index contributed by atoms with van der Waals surface area (Å²) < 4.78 is 3.02. The lowest BCUT2D eigenvalue weighted by atomic mass is 10.1. The molecule has 1 aromatic heterocycles. The van der Waals surface area contributed by atoms with E-state index in [0.29, 0.717) is 6.54 Å². The minimum absolute atomic E-state index is 0.663. The van der Waals surface area contributed by atoms with E-state index in [9.17, 15) is 0 Å². The zero-order chi connectivity index (χ0) is 14.9. The van der Waals surface area contributed by atoms with Crippen molar-refractivity contribution in [2.24, 2.45) is 0 Å². The lowest BCUT2D eigenvalue weighted by molar-refractivity contribution is 0.623. The van der Waals surface area contributed by atoms with Crippen LogP contribution in [0.3, 0.4) is 0 Å². The minimum Gasteiger partial charge on any atom is -0.378 e. The predicted molar refractivity (Wildman–Crippen MR) is 88.6 cm³/mol. The molecule has 20 heavy (non-hydrogen) atoms. The van der Waals surface area contributed by atoms with E-state index in [-0.39, 0.29) is 0 Å². The molecule has 2 aromatic rings. The van der Waals surface area contributed by atoms with Gasteiger partial charge in [-0.1, -0.05) is 17.7 Å². The number of rotatable bonds is 4. The number of halogens is 2. The van der Waals surface area contributed by atoms with Crippen LogP contribution in [0.1, 0.15) is 29.4 Å². The van der Waals surface area contributed by atoms with Gasteiger partial charge >= 0.3 is 0 Å². The van der Waals surface area contributed by atoms with E-state index in [1.165, 1.54) is 11.1 Å². The minimum atomic E-state index is 0.663. The van der Waals surface area contributed by atoms with Crippen molar-refractivity contribution >= 4 is 33.2 Å². The fraction of sp³-hybridized carbons (Fsp3) is 0.400. The molecule has 1 aromatic carbocycles. The normalized spacial score (nSPS) is 10.9. The Hall–Kier alpha value is -1.000. The van der Waals surface area contributed by atoms with E-state index in [2.05, 4.69) is 59.2 Å². The van der Waals surface area contributed by atoms with Crippen LogP contribution in [0.2, 0.25) is 5.02 Å². The Morgan fingerprint density at radius 1 is 1.30 bits per heavy atom. The molecule has 0 atom stereocenters. The highest BCUT2D eigenvalue weighted by Crippen LogP contribution is 2.29. The summed E-state index contributed by atoms with van der Waals surface area (Å²) in [7, 11) is 0. The molecule has 0 saturated heterocycles. The first-order valence-corrected chi connectivity index (χ1v) is 7.83. The molecule has 1 N–H and O–H groups in total. The van der Waals surface area contributed by atoms with Crippen LogP contribution in [0.5, 0.6) is 0 Å². The van der Waals surface area contributed by atoms with Gasteiger partial charge in [-0.3, -0.25) is 4.68 Å². The van der Waals surface area contributed by atoms with Gasteiger partial charge in [-0.2, -0.15) is 5.10 Å². The molecule has 2 rings (SSSR count). The third-order valence-corrected chi connectivity index (χ3v) is 4.43. The summed E-state index contributed by atoms with van der Waals surface area (Å²) in [5.74, 6) is 0. The maximum atomic E-state index is 6.33. The van der Waals surface area contributed by atoms with Gasteiger partial charge in [0.15, 0.2) is 0 Å². The Morgan fingerprint density at radius 3 is 2.60 bits per heavy atom. The first kappa shape index (κ1) is 15.4. The molecule has 0 unspecified atom stereocenters. The number of nitrogens with one attached hydrogen (secondary N) is 1. The van der Waals surface area contributed by atoms with Crippen LogP contribution < -0.4 is 5.32 Å². The second kappa shape index (κ2) is 6.19. The predicted octanol–water partition coefficient (Wildman–Crippen LogP) is 4.86. The quantitative estimate of drug-likeness (QED) is 0.848. The standard InChI is InChI=1S/C15H19BrClN3/c1-5-20-13(14(17)11(4)19-20)8-18-15-10(3)6-9(2)7-12(15)16/h6-7,18H,5,8H2,1-4H3. The number of nitrogens with zero attached hydrogens (tertiary/aromatic N) is 2. The van der Waals surface area contributed by atoms with Crippen LogP contribution in [-0.4, -0.2) is 9.78 Å². The van der Waals surface area contributed by atoms with Gasteiger partial charge in [0.2, 0.25) is 0 Å². The van der Waals surface area contributed by atoms with Crippen LogP contribution in [0.4, 0.5) is 5.69 Å². The molecule has 3 nitrogen and oxygen atoms in total. The van der Waals surface area contributed by atoms with Crippen molar-refractivity contribution < 1.29 is 0 Å². The van der Waals surface area contributed by atoms with Gasteiger partial charge in [-0.05, 0) is 60.8 Å². The SMILES string of the molecule is CCn1nc(C)c(Cl)c1CNc1c(C)cc(C)cc1Br. The van der Waals surface area contributed by atoms with Crippen LogP contribution in [0.25, 0.3) is 0 Å². The summed E-state index contributed by atoms with van der Waals surface area (Å²) >= 11 is 9.94. The fourth-order valence-electron chi connectivity index (χ4n) is 2.35. The van der Waals surface area contributed by atoms with Crippen LogP contribution in [0, 0.1) is 20.8 Å². The smallest absolute Gasteiger partial charge is 0.0865 e. The average Bonchev–Trinajstić information content (AvgIpc) is 2.64. The summed E-state index contributed by atoms with van der Waals surface area (Å²) in [6, 6.07) is 4.27. The average molecular weight is 357 g/mol. The van der Waals surface area contributed by atoms with Crippen LogP contribution in [0.15, 0.2) is 16.6 Å². The molecule has 0 spiro atoms. The topological polar surface area (TPSA) is 29.9 Å². The number of hydrogen-bond acceptors (Lipinski definition) is 2. The molecule has 0 bridgehead atoms. The Kier molecular flexibility index (Phi) is 4.76. The molecular weight excluding hydrogens is 338 g/mol. The second-order valence-electron chi connectivity index (χ2n) is 4.95. The van der Waals surface area contributed by atoms with E-state index in [4.69, 9.17) is 11.6 Å². The van der Waals surface area contributed by atoms with Crippen molar-refractivity contribution in [1.82, 2.24) is 9.78 Å². The lowest BCUT2D eigenvalue weighted by Gasteiger charge is -2.14. The highest BCUT2D eigenvalue weighted by Gasteiger charge is 2.13. The lowest BCUT2D eigenvalue weighted by Crippen LogP contribution is -2.09. The Morgan fingerprint density at radius 2 is 2.00 bits per heavy atom. The van der Waals surface area contributed by atoms with Crippen molar-refractivity contribution in [3.8, 4) is 0 Å². The number of aromatic nitrogens is 2. The Bertz CT molecular complexity index is 611. The van der Waals surface area contributed by atoms with Crippen molar-refractivity contribution in [2.75, 3.05) is 5.32 Å². The summed E-state index contributed by atoms with van der Waals surface area (Å²) in [4.78, 5) is 0. The molecule has 0 aliphatic carbocycles. The maximum Gasteiger partial charge on any atom is 0.0865 e. The van der Waals surface area contributed by atoms with Gasteiger partial charge < -0.3 is 5.32 Å². The summed E-state index contributed by atoms with van der Waals surface area (Å²) in [6.07, 6.45) is 0. The highest BCUT2D eigenvalue weighted by molar-refractivity contribution is 9.10. The second-order valence-corrected chi connectivity index (χ2v) is 6.19. The summed E-state index contributed by atoms with van der Waals surface area (Å²) in [5.41, 5.74) is 5.47. The van der Waals surface area contributed by atoms with Gasteiger partial charge in [0.1, 0.15) is 0 Å². The molecule has 0 aliphatic rings. The third-order valence-electron chi connectivity index (χ3n) is 3.32. The molecule has 0 fully saturated rings. The zero-order valence-corrected chi connectivity index (χ0v) is 14.6. The monoisotopic (exact) mass is 355 g/mol. The molecule has 0 radical (unpaired) electrons. The maximum absolute atomic E-state index is 6.33. The molecule has 108 valence electrons. The van der Waals surface area contributed by atoms with Gasteiger partial charge in [-0.15, -0.1) is 0 Å². The fourth-order valence-corrected chi connectivity index (χ4v) is 3.37. The van der Waals surface area contributed by atoms with E-state index in [0.717, 1.165) is 33.1 Å². The van der Waals surface area contributed by atoms with Crippen molar-refractivity contribution in [2.45, 2.75) is 40.8 Å². The largest absolute Gasteiger partial charge is 0.378 e. The summed E-state index contributed by atoms with van der Waals surface area (Å²) in [5, 5.41) is 8.64. The first-order valence-electron chi connectivity index (χ1n) is 6.66. The number of aryl methyl sites for hydroxylation is 4. The number of hydrogen-bond donors (Lipinski definition) is 1. The molecule has 5 heteroatoms. The van der Waals surface area contributed by atoms with E-state index in [1.807, 2.05) is 11.6 Å². The van der Waals surface area contributed by atoms with Crippen LogP contribution in [-0.2, 0) is 13.1 Å². The Labute approximate surface area is 133 Å². The van der Waals surface area contributed by atoms with Gasteiger partial charge in [0.25, 0.3) is 0 Å². The van der Waals surface area contributed by atoms with Gasteiger partial charge in [0, 0.05) is 11.0 Å². The van der Waals surface area contributed by atoms with Crippen molar-refractivity contribution in [3.05, 3.63) is 44.1 Å². The van der Waals surface area contributed by atoms with Crippen LogP contribution >= 0.6 is 27.5 Å². The Balaban J connectivity index is 2.26. The molecule has 0 aliphatic heterocycles. The van der Waals surface area contributed by atoms with E-state index in [1.54, 1.807) is 0 Å². The molecule has 1 heterocycles. The molecule has 0 amide bonds. The van der Waals surface area contributed by atoms with Crippen molar-refractivity contribution in [3.63, 3.8) is 0 Å². The third kappa shape index (κ3) is 3.01. The van der Waals surface area contributed by atoms with E-state index < -0.39 is 0 Å². The van der Waals surface area contributed by atoms with E-state index >= 15 is 0 Å². The highest BCUT2D eigenvalue weighted by atomic mass is 79.9. The van der Waals surface area contributed by atoms with Gasteiger partial charge in [-0.25, -0.2) is 0 Å². The zero-order valence-electron chi connectivity index (χ0n) is 12.2.